The zero-order chi connectivity index (χ0) is 23.4. The molecule has 2 aromatic heterocycles. The van der Waals surface area contributed by atoms with Crippen molar-refractivity contribution in [2.45, 2.75) is 26.8 Å². The van der Waals surface area contributed by atoms with Crippen LogP contribution in [0.4, 0.5) is 14.6 Å². The number of aromatic nitrogens is 4. The molecule has 1 aliphatic carbocycles. The van der Waals surface area contributed by atoms with Crippen LogP contribution in [0, 0.1) is 47.1 Å². The van der Waals surface area contributed by atoms with Crippen LogP contribution in [0.15, 0.2) is 18.5 Å². The van der Waals surface area contributed by atoms with Gasteiger partial charge in [-0.1, -0.05) is 37.3 Å². The maximum atomic E-state index is 15.3. The van der Waals surface area contributed by atoms with Gasteiger partial charge in [-0.3, -0.25) is 0 Å². The lowest BCUT2D eigenvalue weighted by atomic mass is 10.0. The number of likely N-dealkylation sites (tertiary alicyclic amines) is 1. The van der Waals surface area contributed by atoms with Crippen LogP contribution >= 0.6 is 11.6 Å². The van der Waals surface area contributed by atoms with Gasteiger partial charge in [0.15, 0.2) is 0 Å². The number of halogens is 3. The van der Waals surface area contributed by atoms with E-state index < -0.39 is 11.6 Å². The van der Waals surface area contributed by atoms with Crippen LogP contribution in [-0.4, -0.2) is 50.7 Å². The largest absolute Gasteiger partial charge is 0.367 e. The number of benzene rings is 1. The highest BCUT2D eigenvalue weighted by Gasteiger charge is 2.53. The summed E-state index contributed by atoms with van der Waals surface area (Å²) >= 11 is 6.43. The number of anilines is 1. The Hall–Kier alpha value is -2.76. The number of nitrogens with one attached hydrogen (secondary N) is 1. The third-order valence-electron chi connectivity index (χ3n) is 6.80. The molecule has 3 heterocycles. The summed E-state index contributed by atoms with van der Waals surface area (Å²) in [6, 6.07) is 2.49. The Labute approximate surface area is 196 Å². The van der Waals surface area contributed by atoms with Crippen LogP contribution in [0.1, 0.15) is 26.3 Å². The number of nitrogens with zero attached hydrogens (tertiary/aromatic N) is 5. The van der Waals surface area contributed by atoms with Gasteiger partial charge in [-0.15, -0.1) is 0 Å². The minimum absolute atomic E-state index is 0.0251. The summed E-state index contributed by atoms with van der Waals surface area (Å²) in [5.74, 6) is 6.98. The number of hydrogen-bond donors (Lipinski definition) is 1. The van der Waals surface area contributed by atoms with E-state index in [1.165, 1.54) is 23.0 Å². The first-order valence-corrected chi connectivity index (χ1v) is 11.5. The van der Waals surface area contributed by atoms with Crippen LogP contribution in [0.25, 0.3) is 16.9 Å². The molecule has 0 radical (unpaired) electrons. The Morgan fingerprint density at radius 3 is 2.42 bits per heavy atom. The highest BCUT2D eigenvalue weighted by Crippen LogP contribution is 2.50. The van der Waals surface area contributed by atoms with Gasteiger partial charge in [-0.05, 0) is 43.9 Å². The van der Waals surface area contributed by atoms with E-state index in [1.54, 1.807) is 0 Å². The van der Waals surface area contributed by atoms with Crippen LogP contribution < -0.4 is 5.32 Å². The van der Waals surface area contributed by atoms with Crippen molar-refractivity contribution in [3.63, 3.8) is 0 Å². The zero-order valence-electron chi connectivity index (χ0n) is 18.9. The Bertz CT molecular complexity index is 1260. The smallest absolute Gasteiger partial charge is 0.255 e. The second-order valence-corrected chi connectivity index (χ2v) is 9.79. The van der Waals surface area contributed by atoms with E-state index >= 15 is 8.78 Å². The van der Waals surface area contributed by atoms with E-state index in [-0.39, 0.29) is 34.0 Å². The molecular weight excluding hydrogens is 446 g/mol. The fraction of sp³-hybridized carbons (Fsp3) is 0.458. The Balaban J connectivity index is 1.54. The number of fused-ring (bicyclic) bond motifs is 2. The minimum atomic E-state index is -0.751. The third-order valence-corrected chi connectivity index (χ3v) is 7.07. The predicted molar refractivity (Wildman–Crippen MR) is 124 cm³/mol. The van der Waals surface area contributed by atoms with Crippen molar-refractivity contribution in [3.8, 4) is 23.0 Å². The molecule has 4 atom stereocenters. The Kier molecular flexibility index (Phi) is 5.50. The van der Waals surface area contributed by atoms with Crippen molar-refractivity contribution in [2.75, 3.05) is 25.5 Å². The average molecular weight is 471 g/mol. The molecule has 1 aliphatic heterocycles. The normalized spacial score (nSPS) is 22.8. The monoisotopic (exact) mass is 470 g/mol. The first-order chi connectivity index (χ1) is 15.7. The second kappa shape index (κ2) is 8.23. The van der Waals surface area contributed by atoms with Crippen molar-refractivity contribution < 1.29 is 8.78 Å². The SMILES string of the molecule is CC(C)[C@@H](C)Nc1c(-c2c(F)cc(C#CC3[C@H]4CN(C)C[C@@H]34)cc2F)c(Cl)nc2ncnn12. The standard InChI is InChI=1S/C24H25ClF2N6/c1-12(2)13(3)30-23-21(22(25)31-24-28-11-29-33(23)24)20-18(26)7-14(8-19(20)27)5-6-15-16-9-32(4)10-17(15)16/h7-8,11-13,15-17,30H,9-10H2,1-4H3/t13-,15?,16-,17+/m1/s1. The maximum Gasteiger partial charge on any atom is 0.255 e. The van der Waals surface area contributed by atoms with E-state index in [4.69, 9.17) is 11.6 Å². The Morgan fingerprint density at radius 2 is 1.79 bits per heavy atom. The molecular formula is C24H25ClF2N6. The lowest BCUT2D eigenvalue weighted by Crippen LogP contribution is -2.24. The molecule has 33 heavy (non-hydrogen) atoms. The first kappa shape index (κ1) is 22.1. The van der Waals surface area contributed by atoms with E-state index in [1.807, 2.05) is 20.8 Å². The molecule has 6 nitrogen and oxygen atoms in total. The molecule has 0 bridgehead atoms. The van der Waals surface area contributed by atoms with Crippen LogP contribution in [0.2, 0.25) is 5.15 Å². The van der Waals surface area contributed by atoms with Crippen LogP contribution in [-0.2, 0) is 0 Å². The lowest BCUT2D eigenvalue weighted by molar-refractivity contribution is 0.360. The van der Waals surface area contributed by atoms with Gasteiger partial charge in [0.2, 0.25) is 0 Å². The molecule has 5 rings (SSSR count). The molecule has 2 aliphatic rings. The second-order valence-electron chi connectivity index (χ2n) is 9.43. The topological polar surface area (TPSA) is 58.3 Å². The molecule has 2 fully saturated rings. The number of piperidine rings is 1. The summed E-state index contributed by atoms with van der Waals surface area (Å²) in [7, 11) is 2.10. The zero-order valence-corrected chi connectivity index (χ0v) is 19.7. The van der Waals surface area contributed by atoms with E-state index in [0.29, 0.717) is 29.1 Å². The molecule has 1 saturated carbocycles. The molecule has 9 heteroatoms. The van der Waals surface area contributed by atoms with Crippen molar-refractivity contribution in [1.82, 2.24) is 24.5 Å². The van der Waals surface area contributed by atoms with E-state index in [2.05, 4.69) is 44.2 Å². The predicted octanol–water partition coefficient (Wildman–Crippen LogP) is 4.34. The highest BCUT2D eigenvalue weighted by molar-refractivity contribution is 6.33. The van der Waals surface area contributed by atoms with E-state index in [9.17, 15) is 0 Å². The maximum absolute atomic E-state index is 15.3. The van der Waals surface area contributed by atoms with Crippen LogP contribution in [0.3, 0.4) is 0 Å². The minimum Gasteiger partial charge on any atom is -0.367 e. The molecule has 0 spiro atoms. The quantitative estimate of drug-likeness (QED) is 0.454. The number of hydrogen-bond acceptors (Lipinski definition) is 5. The van der Waals surface area contributed by atoms with Gasteiger partial charge in [0.25, 0.3) is 5.78 Å². The first-order valence-electron chi connectivity index (χ1n) is 11.1. The van der Waals surface area contributed by atoms with Crippen molar-refractivity contribution >= 4 is 23.2 Å². The molecule has 172 valence electrons. The van der Waals surface area contributed by atoms with Gasteiger partial charge in [-0.25, -0.2) is 8.78 Å². The van der Waals surface area contributed by atoms with Crippen molar-refractivity contribution in [2.24, 2.45) is 23.7 Å². The highest BCUT2D eigenvalue weighted by atomic mass is 35.5. The lowest BCUT2D eigenvalue weighted by Gasteiger charge is -2.22. The summed E-state index contributed by atoms with van der Waals surface area (Å²) in [4.78, 5) is 10.5. The summed E-state index contributed by atoms with van der Waals surface area (Å²) in [6.07, 6.45) is 1.32. The van der Waals surface area contributed by atoms with Gasteiger partial charge in [-0.2, -0.15) is 19.6 Å². The van der Waals surface area contributed by atoms with Crippen molar-refractivity contribution in [3.05, 3.63) is 40.8 Å². The molecule has 1 saturated heterocycles. The molecule has 1 N–H and O–H groups in total. The fourth-order valence-electron chi connectivity index (χ4n) is 4.56. The summed E-state index contributed by atoms with van der Waals surface area (Å²) < 4.78 is 32.1. The number of rotatable bonds is 4. The van der Waals surface area contributed by atoms with Crippen LogP contribution in [0.5, 0.6) is 0 Å². The molecule has 1 aromatic carbocycles. The van der Waals surface area contributed by atoms with Gasteiger partial charge < -0.3 is 10.2 Å². The average Bonchev–Trinajstić information content (AvgIpc) is 3.07. The molecule has 1 unspecified atom stereocenters. The van der Waals surface area contributed by atoms with Gasteiger partial charge in [0, 0.05) is 30.6 Å². The summed E-state index contributed by atoms with van der Waals surface area (Å²) in [6.45, 7) is 8.12. The Morgan fingerprint density at radius 1 is 1.12 bits per heavy atom. The fourth-order valence-corrected chi connectivity index (χ4v) is 4.82. The third kappa shape index (κ3) is 3.94. The van der Waals surface area contributed by atoms with Crippen molar-refractivity contribution in [1.29, 1.82) is 0 Å². The summed E-state index contributed by atoms with van der Waals surface area (Å²) in [5.41, 5.74) is 0.151. The summed E-state index contributed by atoms with van der Waals surface area (Å²) in [5, 5.41) is 7.41. The molecule has 0 amide bonds. The van der Waals surface area contributed by atoms with Gasteiger partial charge in [0.1, 0.15) is 28.9 Å². The van der Waals surface area contributed by atoms with E-state index in [0.717, 1.165) is 13.1 Å². The van der Waals surface area contributed by atoms with Gasteiger partial charge >= 0.3 is 0 Å². The van der Waals surface area contributed by atoms with Gasteiger partial charge in [0.05, 0.1) is 11.1 Å². The molecule has 3 aromatic rings.